The van der Waals surface area contributed by atoms with Gasteiger partial charge in [-0.15, -0.1) is 24.8 Å². The molecule has 1 aromatic carbocycles. The Bertz CT molecular complexity index is 488. The molecule has 0 unspecified atom stereocenters. The van der Waals surface area contributed by atoms with Gasteiger partial charge in [0.05, 0.1) is 0 Å². The van der Waals surface area contributed by atoms with E-state index in [1.54, 1.807) is 0 Å². The summed E-state index contributed by atoms with van der Waals surface area (Å²) >= 11 is 0. The number of benzene rings is 1. The van der Waals surface area contributed by atoms with E-state index in [1.165, 1.54) is 25.7 Å². The van der Waals surface area contributed by atoms with E-state index in [9.17, 15) is 4.79 Å². The Morgan fingerprint density at radius 1 is 1.22 bits per heavy atom. The predicted molar refractivity (Wildman–Crippen MR) is 102 cm³/mol. The fourth-order valence-electron chi connectivity index (χ4n) is 3.18. The third-order valence-electron chi connectivity index (χ3n) is 4.77. The zero-order valence-corrected chi connectivity index (χ0v) is 15.6. The lowest BCUT2D eigenvalue weighted by Gasteiger charge is -2.36. The van der Waals surface area contributed by atoms with Gasteiger partial charge in [-0.25, -0.2) is 0 Å². The molecule has 1 saturated carbocycles. The number of nitrogen functional groups attached to an aromatic ring is 1. The molecule has 6 heteroatoms. The van der Waals surface area contributed by atoms with Gasteiger partial charge in [-0.05, 0) is 45.0 Å². The Kier molecular flexibility index (Phi) is 9.59. The van der Waals surface area contributed by atoms with Gasteiger partial charge in [0.2, 0.25) is 5.91 Å². The number of anilines is 1. The van der Waals surface area contributed by atoms with Gasteiger partial charge in [-0.3, -0.25) is 4.79 Å². The molecule has 0 radical (unpaired) electrons. The van der Waals surface area contributed by atoms with Gasteiger partial charge >= 0.3 is 0 Å². The molecule has 132 valence electrons. The van der Waals surface area contributed by atoms with E-state index < -0.39 is 0 Å². The van der Waals surface area contributed by atoms with E-state index in [2.05, 4.69) is 24.3 Å². The largest absolute Gasteiger partial charge is 0.399 e. The van der Waals surface area contributed by atoms with Crippen molar-refractivity contribution in [2.45, 2.75) is 44.1 Å². The topological polar surface area (TPSA) is 58.4 Å². The predicted octanol–water partition coefficient (Wildman–Crippen LogP) is 3.04. The van der Waals surface area contributed by atoms with Crippen LogP contribution in [0.5, 0.6) is 0 Å². The highest BCUT2D eigenvalue weighted by atomic mass is 35.5. The molecule has 0 aliphatic heterocycles. The molecule has 1 aliphatic carbocycles. The number of likely N-dealkylation sites (N-methyl/N-ethyl adjacent to an activating group) is 1. The minimum atomic E-state index is 0. The fraction of sp³-hybridized carbons (Fsp3) is 0.588. The van der Waals surface area contributed by atoms with Gasteiger partial charge in [-0.2, -0.15) is 0 Å². The second kappa shape index (κ2) is 10.0. The number of carbonyl (C=O) groups excluding carboxylic acids is 1. The van der Waals surface area contributed by atoms with Gasteiger partial charge in [0.1, 0.15) is 0 Å². The van der Waals surface area contributed by atoms with E-state index in [1.807, 2.05) is 24.3 Å². The number of halogens is 2. The summed E-state index contributed by atoms with van der Waals surface area (Å²) in [6.45, 7) is 0.753. The van der Waals surface area contributed by atoms with Crippen LogP contribution in [0.4, 0.5) is 5.69 Å². The van der Waals surface area contributed by atoms with E-state index in [-0.39, 0.29) is 36.3 Å². The summed E-state index contributed by atoms with van der Waals surface area (Å²) in [5.74, 6) is 0.117. The van der Waals surface area contributed by atoms with E-state index in [0.717, 1.165) is 17.8 Å². The van der Waals surface area contributed by atoms with Gasteiger partial charge in [0.25, 0.3) is 0 Å². The molecule has 0 heterocycles. The third kappa shape index (κ3) is 5.87. The zero-order chi connectivity index (χ0) is 15.3. The van der Waals surface area contributed by atoms with Crippen LogP contribution in [-0.4, -0.2) is 37.0 Å². The average Bonchev–Trinajstić information content (AvgIpc) is 2.94. The summed E-state index contributed by atoms with van der Waals surface area (Å²) in [4.78, 5) is 14.4. The molecule has 1 fully saturated rings. The van der Waals surface area contributed by atoms with Crippen LogP contribution in [0.25, 0.3) is 0 Å². The summed E-state index contributed by atoms with van der Waals surface area (Å²) < 4.78 is 0. The lowest BCUT2D eigenvalue weighted by atomic mass is 9.96. The standard InChI is InChI=1S/C17H27N3O.2ClH/c1-20(2)17(11-5-6-12-17)13-19-16(21)10-9-14-7-3-4-8-15(14)18;;/h3-4,7-8H,5-6,9-13,18H2,1-2H3,(H,19,21);2*1H. The summed E-state index contributed by atoms with van der Waals surface area (Å²) in [7, 11) is 4.23. The Labute approximate surface area is 152 Å². The minimum Gasteiger partial charge on any atom is -0.399 e. The van der Waals surface area contributed by atoms with Crippen molar-refractivity contribution in [2.75, 3.05) is 26.4 Å². The normalized spacial score (nSPS) is 15.6. The van der Waals surface area contributed by atoms with Crippen molar-refractivity contribution < 1.29 is 4.79 Å². The van der Waals surface area contributed by atoms with E-state index in [4.69, 9.17) is 5.73 Å². The molecule has 0 atom stereocenters. The van der Waals surface area contributed by atoms with E-state index in [0.29, 0.717) is 12.8 Å². The van der Waals surface area contributed by atoms with Crippen molar-refractivity contribution in [3.8, 4) is 0 Å². The Hall–Kier alpha value is -0.970. The van der Waals surface area contributed by atoms with Crippen LogP contribution in [0.3, 0.4) is 0 Å². The summed E-state index contributed by atoms with van der Waals surface area (Å²) in [5, 5.41) is 3.12. The molecule has 0 bridgehead atoms. The highest BCUT2D eigenvalue weighted by molar-refractivity contribution is 5.85. The smallest absolute Gasteiger partial charge is 0.220 e. The number of para-hydroxylation sites is 1. The number of nitrogens with two attached hydrogens (primary N) is 1. The first kappa shape index (κ1) is 22.0. The highest BCUT2D eigenvalue weighted by Gasteiger charge is 2.35. The number of nitrogens with one attached hydrogen (secondary N) is 1. The summed E-state index contributed by atoms with van der Waals surface area (Å²) in [5.41, 5.74) is 7.88. The second-order valence-electron chi connectivity index (χ2n) is 6.30. The summed E-state index contributed by atoms with van der Waals surface area (Å²) in [6.07, 6.45) is 6.06. The third-order valence-corrected chi connectivity index (χ3v) is 4.77. The lowest BCUT2D eigenvalue weighted by Crippen LogP contribution is -2.50. The van der Waals surface area contributed by atoms with Gasteiger partial charge in [0, 0.05) is 24.2 Å². The maximum absolute atomic E-state index is 12.1. The van der Waals surface area contributed by atoms with Crippen LogP contribution in [-0.2, 0) is 11.2 Å². The number of amides is 1. The molecule has 2 rings (SSSR count). The molecule has 1 amide bonds. The van der Waals surface area contributed by atoms with Crippen LogP contribution in [0.2, 0.25) is 0 Å². The van der Waals surface area contributed by atoms with Crippen molar-refractivity contribution in [3.63, 3.8) is 0 Å². The maximum atomic E-state index is 12.1. The number of hydrogen-bond donors (Lipinski definition) is 2. The van der Waals surface area contributed by atoms with Gasteiger partial charge < -0.3 is 16.0 Å². The van der Waals surface area contributed by atoms with Gasteiger partial charge in [-0.1, -0.05) is 31.0 Å². The lowest BCUT2D eigenvalue weighted by molar-refractivity contribution is -0.121. The monoisotopic (exact) mass is 361 g/mol. The zero-order valence-electron chi connectivity index (χ0n) is 14.0. The van der Waals surface area contributed by atoms with Crippen LogP contribution in [0.15, 0.2) is 24.3 Å². The molecule has 1 aromatic rings. The molecule has 3 N–H and O–H groups in total. The average molecular weight is 362 g/mol. The van der Waals surface area contributed by atoms with Crippen molar-refractivity contribution in [2.24, 2.45) is 0 Å². The molecule has 4 nitrogen and oxygen atoms in total. The number of aryl methyl sites for hydroxylation is 1. The van der Waals surface area contributed by atoms with Crippen molar-refractivity contribution in [1.82, 2.24) is 10.2 Å². The number of carbonyl (C=O) groups is 1. The number of hydrogen-bond acceptors (Lipinski definition) is 3. The van der Waals surface area contributed by atoms with Crippen molar-refractivity contribution in [1.29, 1.82) is 0 Å². The minimum absolute atomic E-state index is 0. The Balaban J connectivity index is 0.00000242. The van der Waals surface area contributed by atoms with Crippen molar-refractivity contribution >= 4 is 36.4 Å². The van der Waals surface area contributed by atoms with Crippen LogP contribution in [0.1, 0.15) is 37.7 Å². The number of rotatable bonds is 6. The van der Waals surface area contributed by atoms with Crippen molar-refractivity contribution in [3.05, 3.63) is 29.8 Å². The van der Waals surface area contributed by atoms with E-state index >= 15 is 0 Å². The Morgan fingerprint density at radius 3 is 2.39 bits per heavy atom. The molecule has 0 spiro atoms. The second-order valence-corrected chi connectivity index (χ2v) is 6.30. The maximum Gasteiger partial charge on any atom is 0.220 e. The van der Waals surface area contributed by atoms with Crippen LogP contribution in [0, 0.1) is 0 Å². The first-order chi connectivity index (χ1) is 10.0. The molecule has 0 aromatic heterocycles. The molecule has 1 aliphatic rings. The molecule has 0 saturated heterocycles. The summed E-state index contributed by atoms with van der Waals surface area (Å²) in [6, 6.07) is 7.75. The quantitative estimate of drug-likeness (QED) is 0.765. The first-order valence-corrected chi connectivity index (χ1v) is 7.81. The van der Waals surface area contributed by atoms with Gasteiger partial charge in [0.15, 0.2) is 0 Å². The first-order valence-electron chi connectivity index (χ1n) is 7.81. The fourth-order valence-corrected chi connectivity index (χ4v) is 3.18. The van der Waals surface area contributed by atoms with Crippen LogP contribution < -0.4 is 11.1 Å². The molecular weight excluding hydrogens is 333 g/mol. The Morgan fingerprint density at radius 2 is 1.83 bits per heavy atom. The SMILES string of the molecule is CN(C)C1(CNC(=O)CCc2ccccc2N)CCCC1.Cl.Cl. The molecule has 23 heavy (non-hydrogen) atoms. The molecular formula is C17H29Cl2N3O. The van der Waals surface area contributed by atoms with Crippen LogP contribution >= 0.6 is 24.8 Å². The highest BCUT2D eigenvalue weighted by Crippen LogP contribution is 2.33. The number of nitrogens with zero attached hydrogens (tertiary/aromatic N) is 1.